The second-order valence-electron chi connectivity index (χ2n) is 8.52. The second kappa shape index (κ2) is 14.2. The van der Waals surface area contributed by atoms with Gasteiger partial charge >= 0.3 is 7.82 Å². The van der Waals surface area contributed by atoms with Crippen molar-refractivity contribution in [3.8, 4) is 5.75 Å². The lowest BCUT2D eigenvalue weighted by atomic mass is 10.1. The van der Waals surface area contributed by atoms with Gasteiger partial charge in [-0.05, 0) is 68.2 Å². The van der Waals surface area contributed by atoms with Crippen molar-refractivity contribution in [3.63, 3.8) is 0 Å². The van der Waals surface area contributed by atoms with Crippen molar-refractivity contribution in [2.24, 2.45) is 0 Å². The number of aryl methyl sites for hydroxylation is 2. The summed E-state index contributed by atoms with van der Waals surface area (Å²) in [6, 6.07) is 18.7. The van der Waals surface area contributed by atoms with Crippen LogP contribution >= 0.6 is 7.82 Å². The van der Waals surface area contributed by atoms with Gasteiger partial charge in [-0.1, -0.05) is 42.5 Å². The zero-order valence-corrected chi connectivity index (χ0v) is 20.6. The minimum atomic E-state index is -4.48. The Morgan fingerprint density at radius 1 is 0.912 bits per heavy atom. The van der Waals surface area contributed by atoms with Crippen LogP contribution in [0.2, 0.25) is 0 Å². The zero-order chi connectivity index (χ0) is 23.5. The lowest BCUT2D eigenvalue weighted by molar-refractivity contribution is -0.140. The minimum Gasteiger partial charge on any atom is -0.494 e. The first kappa shape index (κ1) is 28.0. The highest BCUT2D eigenvalue weighted by Gasteiger charge is 2.35. The Hall–Kier alpha value is -2.22. The van der Waals surface area contributed by atoms with Crippen molar-refractivity contribution >= 4 is 13.7 Å². The van der Waals surface area contributed by atoms with E-state index in [1.807, 2.05) is 18.2 Å². The number of carbonyl (C=O) groups is 1. The molecule has 5 N–H and O–H groups in total. The van der Waals surface area contributed by atoms with E-state index in [-0.39, 0.29) is 25.1 Å². The third-order valence-corrected chi connectivity index (χ3v) is 6.29. The number of carbonyl (C=O) groups excluding carboxylic acids is 1. The van der Waals surface area contributed by atoms with Crippen molar-refractivity contribution in [1.29, 1.82) is 0 Å². The molecule has 0 bridgehead atoms. The van der Waals surface area contributed by atoms with Crippen LogP contribution in [0.15, 0.2) is 54.6 Å². The molecule has 1 aliphatic heterocycles. The number of phosphoric acid groups is 1. The van der Waals surface area contributed by atoms with Gasteiger partial charge in [0, 0.05) is 19.5 Å². The molecule has 1 amide bonds. The molecule has 1 saturated heterocycles. The van der Waals surface area contributed by atoms with Crippen molar-refractivity contribution in [2.45, 2.75) is 57.5 Å². The van der Waals surface area contributed by atoms with Crippen molar-refractivity contribution in [3.05, 3.63) is 65.7 Å². The number of unbranched alkanes of at least 4 members (excludes halogenated alkanes) is 3. The number of nitrogens with zero attached hydrogens (tertiary/aromatic N) is 1. The Balaban J connectivity index is 0.00000408. The van der Waals surface area contributed by atoms with Crippen LogP contribution in [0.3, 0.4) is 0 Å². The summed E-state index contributed by atoms with van der Waals surface area (Å²) < 4.78 is 21.3. The molecule has 0 saturated carbocycles. The van der Waals surface area contributed by atoms with Crippen LogP contribution in [0.4, 0.5) is 0 Å². The maximum absolute atomic E-state index is 12.1. The predicted molar refractivity (Wildman–Crippen MR) is 132 cm³/mol. The Bertz CT molecular complexity index is 915. The van der Waals surface area contributed by atoms with Gasteiger partial charge in [-0.15, -0.1) is 0 Å². The molecule has 0 spiro atoms. The van der Waals surface area contributed by atoms with E-state index >= 15 is 0 Å². The highest BCUT2D eigenvalue weighted by molar-refractivity contribution is 7.46. The van der Waals surface area contributed by atoms with Gasteiger partial charge in [0.1, 0.15) is 11.9 Å². The molecule has 188 valence electrons. The molecule has 8 nitrogen and oxygen atoms in total. The van der Waals surface area contributed by atoms with Crippen LogP contribution in [-0.4, -0.2) is 46.4 Å². The minimum absolute atomic E-state index is 0. The summed E-state index contributed by atoms with van der Waals surface area (Å²) in [6.45, 7) is 1.21. The summed E-state index contributed by atoms with van der Waals surface area (Å²) in [5.41, 5.74) is 2.58. The Morgan fingerprint density at radius 3 is 2.32 bits per heavy atom. The van der Waals surface area contributed by atoms with Crippen molar-refractivity contribution in [2.75, 3.05) is 19.7 Å². The molecule has 2 aromatic carbocycles. The van der Waals surface area contributed by atoms with E-state index in [1.165, 1.54) is 17.5 Å². The van der Waals surface area contributed by atoms with Gasteiger partial charge in [0.2, 0.25) is 5.91 Å². The van der Waals surface area contributed by atoms with Crippen LogP contribution in [-0.2, 0) is 26.7 Å². The molecule has 0 unspecified atom stereocenters. The maximum Gasteiger partial charge on any atom is 0.469 e. The average molecular weight is 493 g/mol. The molecule has 9 heteroatoms. The van der Waals surface area contributed by atoms with Crippen molar-refractivity contribution in [1.82, 2.24) is 11.1 Å². The highest BCUT2D eigenvalue weighted by Crippen LogP contribution is 2.39. The lowest BCUT2D eigenvalue weighted by Gasteiger charge is -2.38. The molecule has 0 atom stereocenters. The van der Waals surface area contributed by atoms with Crippen molar-refractivity contribution < 1.29 is 28.4 Å². The molecule has 0 radical (unpaired) electrons. The monoisotopic (exact) mass is 492 g/mol. The second-order valence-corrected chi connectivity index (χ2v) is 9.71. The number of hydrogen-bond acceptors (Lipinski definition) is 5. The first-order valence-corrected chi connectivity index (χ1v) is 13.2. The molecule has 3 rings (SSSR count). The first-order valence-electron chi connectivity index (χ1n) is 11.7. The van der Waals surface area contributed by atoms with Gasteiger partial charge in [-0.2, -0.15) is 0 Å². The van der Waals surface area contributed by atoms with E-state index in [0.29, 0.717) is 6.42 Å². The lowest BCUT2D eigenvalue weighted by Crippen LogP contribution is -2.54. The average Bonchev–Trinajstić information content (AvgIpc) is 2.76. The van der Waals surface area contributed by atoms with E-state index in [2.05, 4.69) is 40.9 Å². The molecule has 2 aromatic rings. The summed E-state index contributed by atoms with van der Waals surface area (Å²) in [7, 11) is -4.48. The smallest absolute Gasteiger partial charge is 0.469 e. The van der Waals surface area contributed by atoms with Crippen LogP contribution in [0.25, 0.3) is 0 Å². The molecule has 1 fully saturated rings. The fourth-order valence-electron chi connectivity index (χ4n) is 3.90. The fraction of sp³-hybridized carbons (Fsp3) is 0.480. The largest absolute Gasteiger partial charge is 0.494 e. The SMILES string of the molecule is N.O=C(CCCCc1cccc(OCCCCCc2ccccc2)c1)N1CC(OP(=O)(O)O)C1. The van der Waals surface area contributed by atoms with Gasteiger partial charge in [0.15, 0.2) is 0 Å². The fourth-order valence-corrected chi connectivity index (χ4v) is 4.42. The van der Waals surface area contributed by atoms with E-state index < -0.39 is 13.9 Å². The zero-order valence-electron chi connectivity index (χ0n) is 19.7. The topological polar surface area (TPSA) is 131 Å². The summed E-state index contributed by atoms with van der Waals surface area (Å²) in [4.78, 5) is 31.3. The Labute approximate surface area is 202 Å². The number of benzene rings is 2. The summed E-state index contributed by atoms with van der Waals surface area (Å²) >= 11 is 0. The van der Waals surface area contributed by atoms with E-state index in [4.69, 9.17) is 14.5 Å². The van der Waals surface area contributed by atoms with Gasteiger partial charge in [0.25, 0.3) is 0 Å². The molecular weight excluding hydrogens is 455 g/mol. The Morgan fingerprint density at radius 2 is 1.59 bits per heavy atom. The summed E-state index contributed by atoms with van der Waals surface area (Å²) in [5.74, 6) is 0.897. The number of hydrogen-bond donors (Lipinski definition) is 3. The normalized spacial score (nSPS) is 13.8. The number of ether oxygens (including phenoxy) is 1. The maximum atomic E-state index is 12.1. The number of amides is 1. The summed E-state index contributed by atoms with van der Waals surface area (Å²) in [6.07, 6.45) is 6.87. The molecule has 0 aliphatic carbocycles. The molecular formula is C25H37N2O6P. The van der Waals surface area contributed by atoms with Gasteiger partial charge in [0.05, 0.1) is 6.61 Å². The van der Waals surface area contributed by atoms with Gasteiger partial charge < -0.3 is 25.6 Å². The quantitative estimate of drug-likeness (QED) is 0.258. The summed E-state index contributed by atoms with van der Waals surface area (Å²) in [5, 5.41) is 0. The van der Waals surface area contributed by atoms with E-state index in [9.17, 15) is 9.36 Å². The van der Waals surface area contributed by atoms with Crippen LogP contribution in [0.1, 0.15) is 49.7 Å². The van der Waals surface area contributed by atoms with Gasteiger partial charge in [-0.25, -0.2) is 4.57 Å². The molecule has 1 aliphatic rings. The van der Waals surface area contributed by atoms with E-state index in [1.54, 1.807) is 4.90 Å². The number of rotatable bonds is 14. The molecule has 1 heterocycles. The van der Waals surface area contributed by atoms with E-state index in [0.717, 1.165) is 50.9 Å². The van der Waals surface area contributed by atoms with Crippen LogP contribution in [0.5, 0.6) is 5.75 Å². The number of likely N-dealkylation sites (tertiary alicyclic amines) is 1. The third kappa shape index (κ3) is 10.4. The standard InChI is InChI=1S/C25H34NO6P.H3N/c27-25(26-19-24(20-26)32-33(28,29)30)16-7-6-13-22-14-9-15-23(18-22)31-17-8-2-5-12-21-10-3-1-4-11-21;/h1,3-4,9-11,14-15,18,24H,2,5-8,12-13,16-17,19-20H2,(H2,28,29,30);1H3. The van der Waals surface area contributed by atoms with Crippen LogP contribution in [0, 0.1) is 0 Å². The molecule has 34 heavy (non-hydrogen) atoms. The molecule has 0 aromatic heterocycles. The van der Waals surface area contributed by atoms with Crippen LogP contribution < -0.4 is 10.9 Å². The highest BCUT2D eigenvalue weighted by atomic mass is 31.2. The predicted octanol–water partition coefficient (Wildman–Crippen LogP) is 4.67. The third-order valence-electron chi connectivity index (χ3n) is 5.71. The first-order chi connectivity index (χ1) is 15.9. The number of phosphoric ester groups is 1. The van der Waals surface area contributed by atoms with Gasteiger partial charge in [-0.3, -0.25) is 9.32 Å². The Kier molecular flexibility index (Phi) is 11.7.